The number of nitrogens with one attached hydrogen (secondary N) is 3. The standard InChI is InChI=1S/C14H15FN4O2/c1-16-12-4-3-9(7-11(12)15)21-10-5-6-18-13(8-10)19-14(20)17-2/h3-8,16H,1-2H3,(H2,17,18,19,20). The van der Waals surface area contributed by atoms with Gasteiger partial charge in [0, 0.05) is 32.4 Å². The number of rotatable bonds is 4. The molecule has 0 unspecified atom stereocenters. The van der Waals surface area contributed by atoms with E-state index in [9.17, 15) is 9.18 Å². The van der Waals surface area contributed by atoms with Crippen LogP contribution in [0.25, 0.3) is 0 Å². The van der Waals surface area contributed by atoms with E-state index in [2.05, 4.69) is 20.9 Å². The number of carbonyl (C=O) groups excluding carboxylic acids is 1. The van der Waals surface area contributed by atoms with E-state index in [4.69, 9.17) is 4.74 Å². The Morgan fingerprint density at radius 3 is 2.62 bits per heavy atom. The summed E-state index contributed by atoms with van der Waals surface area (Å²) in [7, 11) is 3.14. The Labute approximate surface area is 121 Å². The second kappa shape index (κ2) is 6.56. The van der Waals surface area contributed by atoms with Crippen molar-refractivity contribution in [2.24, 2.45) is 0 Å². The van der Waals surface area contributed by atoms with E-state index in [-0.39, 0.29) is 6.03 Å². The van der Waals surface area contributed by atoms with Crippen molar-refractivity contribution in [2.75, 3.05) is 24.7 Å². The fraction of sp³-hybridized carbons (Fsp3) is 0.143. The minimum atomic E-state index is -0.409. The fourth-order valence-corrected chi connectivity index (χ4v) is 1.62. The first-order chi connectivity index (χ1) is 10.1. The smallest absolute Gasteiger partial charge is 0.320 e. The molecule has 0 aliphatic carbocycles. The lowest BCUT2D eigenvalue weighted by Gasteiger charge is -2.09. The second-order valence-corrected chi connectivity index (χ2v) is 4.07. The Kier molecular flexibility index (Phi) is 4.55. The maximum atomic E-state index is 13.6. The summed E-state index contributed by atoms with van der Waals surface area (Å²) in [5.74, 6) is 0.712. The molecule has 0 radical (unpaired) electrons. The third-order valence-corrected chi connectivity index (χ3v) is 2.65. The van der Waals surface area contributed by atoms with Crippen LogP contribution < -0.4 is 20.7 Å². The van der Waals surface area contributed by atoms with Gasteiger partial charge in [0.05, 0.1) is 5.69 Å². The Bertz CT molecular complexity index is 649. The van der Waals surface area contributed by atoms with Gasteiger partial charge in [-0.1, -0.05) is 0 Å². The quantitative estimate of drug-likeness (QED) is 0.809. The number of nitrogens with zero attached hydrogens (tertiary/aromatic N) is 1. The highest BCUT2D eigenvalue weighted by Gasteiger charge is 2.06. The average molecular weight is 290 g/mol. The lowest BCUT2D eigenvalue weighted by molar-refractivity contribution is 0.254. The topological polar surface area (TPSA) is 75.3 Å². The molecule has 2 rings (SSSR count). The van der Waals surface area contributed by atoms with Gasteiger partial charge in [0.15, 0.2) is 0 Å². The van der Waals surface area contributed by atoms with E-state index in [1.54, 1.807) is 31.3 Å². The summed E-state index contributed by atoms with van der Waals surface area (Å²) in [6.45, 7) is 0. The molecule has 1 aromatic carbocycles. The molecule has 110 valence electrons. The Balaban J connectivity index is 2.14. The molecular formula is C14H15FN4O2. The van der Waals surface area contributed by atoms with Gasteiger partial charge in [0.2, 0.25) is 0 Å². The van der Waals surface area contributed by atoms with Crippen molar-refractivity contribution in [3.63, 3.8) is 0 Å². The molecule has 3 N–H and O–H groups in total. The molecule has 0 bridgehead atoms. The van der Waals surface area contributed by atoms with Gasteiger partial charge < -0.3 is 15.4 Å². The molecule has 1 heterocycles. The van der Waals surface area contributed by atoms with E-state index in [0.717, 1.165) is 0 Å². The SMILES string of the molecule is CNC(=O)Nc1cc(Oc2ccc(NC)c(F)c2)ccn1. The van der Waals surface area contributed by atoms with Crippen LogP contribution in [0.5, 0.6) is 11.5 Å². The van der Waals surface area contributed by atoms with Gasteiger partial charge in [-0.3, -0.25) is 5.32 Å². The summed E-state index contributed by atoms with van der Waals surface area (Å²) in [4.78, 5) is 15.2. The van der Waals surface area contributed by atoms with Crippen molar-refractivity contribution in [3.8, 4) is 11.5 Å². The van der Waals surface area contributed by atoms with Crippen LogP contribution in [0.15, 0.2) is 36.5 Å². The Hall–Kier alpha value is -2.83. The molecule has 6 nitrogen and oxygen atoms in total. The van der Waals surface area contributed by atoms with Crippen molar-refractivity contribution in [3.05, 3.63) is 42.3 Å². The first kappa shape index (κ1) is 14.6. The van der Waals surface area contributed by atoms with Crippen molar-refractivity contribution >= 4 is 17.5 Å². The first-order valence-corrected chi connectivity index (χ1v) is 6.22. The summed E-state index contributed by atoms with van der Waals surface area (Å²) >= 11 is 0. The largest absolute Gasteiger partial charge is 0.457 e. The number of pyridine rings is 1. The highest BCUT2D eigenvalue weighted by atomic mass is 19.1. The molecule has 0 aliphatic rings. The van der Waals surface area contributed by atoms with Crippen LogP contribution in [0.4, 0.5) is 20.7 Å². The number of amides is 2. The van der Waals surface area contributed by atoms with E-state index in [1.807, 2.05) is 0 Å². The van der Waals surface area contributed by atoms with Gasteiger partial charge in [0.1, 0.15) is 23.1 Å². The molecule has 7 heteroatoms. The molecular weight excluding hydrogens is 275 g/mol. The fourth-order valence-electron chi connectivity index (χ4n) is 1.62. The Morgan fingerprint density at radius 1 is 1.19 bits per heavy atom. The van der Waals surface area contributed by atoms with Crippen molar-refractivity contribution in [1.29, 1.82) is 0 Å². The van der Waals surface area contributed by atoms with Crippen molar-refractivity contribution in [1.82, 2.24) is 10.3 Å². The van der Waals surface area contributed by atoms with Crippen LogP contribution in [0.1, 0.15) is 0 Å². The summed E-state index contributed by atoms with van der Waals surface area (Å²) < 4.78 is 19.2. The van der Waals surface area contributed by atoms with Crippen LogP contribution in [-0.4, -0.2) is 25.1 Å². The van der Waals surface area contributed by atoms with Crippen LogP contribution in [0.2, 0.25) is 0 Å². The van der Waals surface area contributed by atoms with Crippen molar-refractivity contribution < 1.29 is 13.9 Å². The maximum Gasteiger partial charge on any atom is 0.320 e. The monoisotopic (exact) mass is 290 g/mol. The highest BCUT2D eigenvalue weighted by Crippen LogP contribution is 2.26. The minimum absolute atomic E-state index is 0.333. The van der Waals surface area contributed by atoms with Crippen LogP contribution in [0, 0.1) is 5.82 Å². The zero-order valence-corrected chi connectivity index (χ0v) is 11.6. The average Bonchev–Trinajstić information content (AvgIpc) is 2.47. The lowest BCUT2D eigenvalue weighted by atomic mass is 10.3. The third-order valence-electron chi connectivity index (χ3n) is 2.65. The molecule has 0 aliphatic heterocycles. The molecule has 0 saturated heterocycles. The van der Waals surface area contributed by atoms with Gasteiger partial charge in [-0.05, 0) is 18.2 Å². The minimum Gasteiger partial charge on any atom is -0.457 e. The van der Waals surface area contributed by atoms with E-state index >= 15 is 0 Å². The molecule has 1 aromatic heterocycles. The second-order valence-electron chi connectivity index (χ2n) is 4.07. The van der Waals surface area contributed by atoms with Gasteiger partial charge in [-0.15, -0.1) is 0 Å². The number of halogens is 1. The zero-order valence-electron chi connectivity index (χ0n) is 11.6. The number of aromatic nitrogens is 1. The summed E-state index contributed by atoms with van der Waals surface area (Å²) in [5.41, 5.74) is 0.388. The predicted octanol–water partition coefficient (Wildman–Crippen LogP) is 2.81. The molecule has 0 fully saturated rings. The van der Waals surface area contributed by atoms with Gasteiger partial charge in [-0.25, -0.2) is 14.2 Å². The predicted molar refractivity (Wildman–Crippen MR) is 78.3 cm³/mol. The number of ether oxygens (including phenoxy) is 1. The van der Waals surface area contributed by atoms with Gasteiger partial charge >= 0.3 is 6.03 Å². The zero-order chi connectivity index (χ0) is 15.2. The van der Waals surface area contributed by atoms with Crippen LogP contribution >= 0.6 is 0 Å². The third kappa shape index (κ3) is 3.82. The molecule has 0 spiro atoms. The number of carbonyl (C=O) groups is 1. The molecule has 21 heavy (non-hydrogen) atoms. The molecule has 2 aromatic rings. The van der Waals surface area contributed by atoms with Crippen LogP contribution in [0.3, 0.4) is 0 Å². The van der Waals surface area contributed by atoms with Crippen LogP contribution in [-0.2, 0) is 0 Å². The van der Waals surface area contributed by atoms with Crippen molar-refractivity contribution in [2.45, 2.75) is 0 Å². The van der Waals surface area contributed by atoms with E-state index < -0.39 is 5.82 Å². The number of hydrogen-bond donors (Lipinski definition) is 3. The van der Waals surface area contributed by atoms with Gasteiger partial charge in [-0.2, -0.15) is 0 Å². The first-order valence-electron chi connectivity index (χ1n) is 6.22. The number of urea groups is 1. The summed E-state index contributed by atoms with van der Waals surface area (Å²) in [6, 6.07) is 7.26. The maximum absolute atomic E-state index is 13.6. The molecule has 2 amide bonds. The van der Waals surface area contributed by atoms with Gasteiger partial charge in [0.25, 0.3) is 0 Å². The summed E-state index contributed by atoms with van der Waals surface area (Å²) in [5, 5.41) is 7.67. The Morgan fingerprint density at radius 2 is 1.95 bits per heavy atom. The summed E-state index contributed by atoms with van der Waals surface area (Å²) in [6.07, 6.45) is 1.49. The highest BCUT2D eigenvalue weighted by molar-refractivity contribution is 5.88. The normalized spacial score (nSPS) is 9.86. The number of hydrogen-bond acceptors (Lipinski definition) is 4. The van der Waals surface area contributed by atoms with E-state index in [1.165, 1.54) is 19.3 Å². The number of benzene rings is 1. The van der Waals surface area contributed by atoms with E-state index in [0.29, 0.717) is 23.0 Å². The molecule has 0 atom stereocenters. The lowest BCUT2D eigenvalue weighted by Crippen LogP contribution is -2.24. The molecule has 0 saturated carbocycles. The number of anilines is 2.